The monoisotopic (exact) mass is 219 g/mol. The van der Waals surface area contributed by atoms with Crippen LogP contribution in [0.3, 0.4) is 0 Å². The van der Waals surface area contributed by atoms with E-state index in [1.165, 1.54) is 0 Å². The van der Waals surface area contributed by atoms with Crippen LogP contribution in [0.2, 0.25) is 0 Å². The fraction of sp³-hybridized carbons (Fsp3) is 1.00. The van der Waals surface area contributed by atoms with Crippen LogP contribution in [0.1, 0.15) is 32.6 Å². The standard InChI is InChI=1S/C10H21NO2S/c1-2-9(11)8-14(12)7-5-10-4-3-6-13-10/h9-10H,2-8,11H2,1H3. The van der Waals surface area contributed by atoms with E-state index < -0.39 is 10.8 Å². The molecule has 4 heteroatoms. The lowest BCUT2D eigenvalue weighted by molar-refractivity contribution is 0.109. The second kappa shape index (κ2) is 6.53. The highest BCUT2D eigenvalue weighted by Gasteiger charge is 2.16. The van der Waals surface area contributed by atoms with Crippen LogP contribution in [-0.4, -0.2) is 34.5 Å². The largest absolute Gasteiger partial charge is 0.378 e. The van der Waals surface area contributed by atoms with Gasteiger partial charge in [0.2, 0.25) is 0 Å². The van der Waals surface area contributed by atoms with Crippen molar-refractivity contribution in [2.24, 2.45) is 5.73 Å². The molecular formula is C10H21NO2S. The highest BCUT2D eigenvalue weighted by Crippen LogP contribution is 2.15. The van der Waals surface area contributed by atoms with Gasteiger partial charge in [-0.05, 0) is 25.7 Å². The smallest absolute Gasteiger partial charge is 0.0584 e. The fourth-order valence-electron chi connectivity index (χ4n) is 1.57. The molecule has 1 aliphatic heterocycles. The summed E-state index contributed by atoms with van der Waals surface area (Å²) in [4.78, 5) is 0. The first-order valence-corrected chi connectivity index (χ1v) is 6.93. The number of nitrogens with two attached hydrogens (primary N) is 1. The third-order valence-electron chi connectivity index (χ3n) is 2.62. The minimum Gasteiger partial charge on any atom is -0.378 e. The van der Waals surface area contributed by atoms with Crippen molar-refractivity contribution in [3.8, 4) is 0 Å². The molecule has 0 radical (unpaired) electrons. The van der Waals surface area contributed by atoms with Gasteiger partial charge in [-0.25, -0.2) is 0 Å². The minimum absolute atomic E-state index is 0.0975. The molecule has 0 saturated carbocycles. The van der Waals surface area contributed by atoms with Crippen molar-refractivity contribution in [1.29, 1.82) is 0 Å². The minimum atomic E-state index is -0.751. The quantitative estimate of drug-likeness (QED) is 0.726. The van der Waals surface area contributed by atoms with Gasteiger partial charge in [0.1, 0.15) is 0 Å². The Balaban J connectivity index is 2.08. The number of ether oxygens (including phenoxy) is 1. The third-order valence-corrected chi connectivity index (χ3v) is 4.11. The third kappa shape index (κ3) is 4.53. The molecule has 1 saturated heterocycles. The van der Waals surface area contributed by atoms with E-state index in [9.17, 15) is 4.21 Å². The Labute approximate surface area is 88.8 Å². The number of hydrogen-bond donors (Lipinski definition) is 1. The molecule has 3 nitrogen and oxygen atoms in total. The normalized spacial score (nSPS) is 26.3. The van der Waals surface area contributed by atoms with Gasteiger partial charge in [-0.15, -0.1) is 0 Å². The van der Waals surface area contributed by atoms with E-state index in [0.29, 0.717) is 11.9 Å². The first-order chi connectivity index (χ1) is 6.72. The summed E-state index contributed by atoms with van der Waals surface area (Å²) in [6.07, 6.45) is 4.49. The van der Waals surface area contributed by atoms with Gasteiger partial charge in [0.05, 0.1) is 6.10 Å². The summed E-state index contributed by atoms with van der Waals surface area (Å²) < 4.78 is 17.0. The molecule has 1 fully saturated rings. The van der Waals surface area contributed by atoms with Crippen molar-refractivity contribution in [2.75, 3.05) is 18.1 Å². The SMILES string of the molecule is CCC(N)CS(=O)CCC1CCCO1. The van der Waals surface area contributed by atoms with Gasteiger partial charge in [-0.1, -0.05) is 6.92 Å². The molecule has 0 amide bonds. The van der Waals surface area contributed by atoms with Crippen LogP contribution in [-0.2, 0) is 15.5 Å². The lowest BCUT2D eigenvalue weighted by atomic mass is 10.2. The lowest BCUT2D eigenvalue weighted by Gasteiger charge is -2.11. The molecule has 3 atom stereocenters. The Morgan fingerprint density at radius 3 is 3.00 bits per heavy atom. The molecule has 0 bridgehead atoms. The Bertz CT molecular complexity index is 181. The molecule has 1 aliphatic rings. The molecule has 1 heterocycles. The summed E-state index contributed by atoms with van der Waals surface area (Å²) in [5.41, 5.74) is 5.73. The van der Waals surface area contributed by atoms with E-state index >= 15 is 0 Å². The van der Waals surface area contributed by atoms with Crippen LogP contribution in [0, 0.1) is 0 Å². The molecule has 0 aromatic carbocycles. The molecule has 84 valence electrons. The predicted molar refractivity (Wildman–Crippen MR) is 59.7 cm³/mol. The van der Waals surface area contributed by atoms with Gasteiger partial charge in [0, 0.05) is 35.0 Å². The van der Waals surface area contributed by atoms with E-state index in [1.807, 2.05) is 6.92 Å². The van der Waals surface area contributed by atoms with Crippen molar-refractivity contribution in [3.05, 3.63) is 0 Å². The maximum absolute atomic E-state index is 11.5. The lowest BCUT2D eigenvalue weighted by Crippen LogP contribution is -2.27. The van der Waals surface area contributed by atoms with Crippen molar-refractivity contribution in [2.45, 2.75) is 44.8 Å². The molecule has 0 aliphatic carbocycles. The van der Waals surface area contributed by atoms with E-state index in [1.54, 1.807) is 0 Å². The van der Waals surface area contributed by atoms with Gasteiger partial charge < -0.3 is 10.5 Å². The Morgan fingerprint density at radius 1 is 1.64 bits per heavy atom. The molecular weight excluding hydrogens is 198 g/mol. The summed E-state index contributed by atoms with van der Waals surface area (Å²) >= 11 is 0. The summed E-state index contributed by atoms with van der Waals surface area (Å²) in [7, 11) is -0.751. The maximum Gasteiger partial charge on any atom is 0.0584 e. The second-order valence-electron chi connectivity index (χ2n) is 3.90. The van der Waals surface area contributed by atoms with Crippen LogP contribution in [0.25, 0.3) is 0 Å². The predicted octanol–water partition coefficient (Wildman–Crippen LogP) is 1.04. The average molecular weight is 219 g/mol. The van der Waals surface area contributed by atoms with Gasteiger partial charge in [-0.2, -0.15) is 0 Å². The van der Waals surface area contributed by atoms with Crippen molar-refractivity contribution in [1.82, 2.24) is 0 Å². The van der Waals surface area contributed by atoms with Crippen molar-refractivity contribution in [3.63, 3.8) is 0 Å². The molecule has 2 N–H and O–H groups in total. The molecule has 0 aromatic rings. The average Bonchev–Trinajstić information content (AvgIpc) is 2.67. The Morgan fingerprint density at radius 2 is 2.43 bits per heavy atom. The Hall–Kier alpha value is 0.0700. The number of rotatable bonds is 6. The van der Waals surface area contributed by atoms with Crippen LogP contribution < -0.4 is 5.73 Å². The van der Waals surface area contributed by atoms with Gasteiger partial charge in [0.25, 0.3) is 0 Å². The van der Waals surface area contributed by atoms with Crippen LogP contribution >= 0.6 is 0 Å². The van der Waals surface area contributed by atoms with Gasteiger partial charge >= 0.3 is 0 Å². The fourth-order valence-corrected chi connectivity index (χ4v) is 2.98. The first kappa shape index (κ1) is 12.1. The van der Waals surface area contributed by atoms with Crippen LogP contribution in [0.4, 0.5) is 0 Å². The number of hydrogen-bond acceptors (Lipinski definition) is 3. The highest BCUT2D eigenvalue weighted by molar-refractivity contribution is 7.85. The molecule has 0 aromatic heterocycles. The van der Waals surface area contributed by atoms with E-state index in [-0.39, 0.29) is 6.04 Å². The molecule has 0 spiro atoms. The van der Waals surface area contributed by atoms with Crippen LogP contribution in [0.5, 0.6) is 0 Å². The Kier molecular flexibility index (Phi) is 5.67. The van der Waals surface area contributed by atoms with Crippen molar-refractivity contribution < 1.29 is 8.95 Å². The molecule has 3 unspecified atom stereocenters. The second-order valence-corrected chi connectivity index (χ2v) is 5.52. The van der Waals surface area contributed by atoms with Crippen LogP contribution in [0.15, 0.2) is 0 Å². The zero-order valence-electron chi connectivity index (χ0n) is 8.91. The highest BCUT2D eigenvalue weighted by atomic mass is 32.2. The summed E-state index contributed by atoms with van der Waals surface area (Å²) in [5, 5.41) is 0. The van der Waals surface area contributed by atoms with Gasteiger partial charge in [-0.3, -0.25) is 4.21 Å². The van der Waals surface area contributed by atoms with Gasteiger partial charge in [0.15, 0.2) is 0 Å². The zero-order valence-corrected chi connectivity index (χ0v) is 9.72. The van der Waals surface area contributed by atoms with E-state index in [4.69, 9.17) is 10.5 Å². The van der Waals surface area contributed by atoms with E-state index in [2.05, 4.69) is 0 Å². The first-order valence-electron chi connectivity index (χ1n) is 5.44. The molecule has 14 heavy (non-hydrogen) atoms. The summed E-state index contributed by atoms with van der Waals surface area (Å²) in [6, 6.07) is 0.0975. The summed E-state index contributed by atoms with van der Waals surface area (Å²) in [5.74, 6) is 1.39. The molecule has 1 rings (SSSR count). The maximum atomic E-state index is 11.5. The van der Waals surface area contributed by atoms with Crippen molar-refractivity contribution >= 4 is 10.8 Å². The summed E-state index contributed by atoms with van der Waals surface area (Å²) in [6.45, 7) is 2.91. The topological polar surface area (TPSA) is 52.3 Å². The van der Waals surface area contributed by atoms with E-state index in [0.717, 1.165) is 38.0 Å². The zero-order chi connectivity index (χ0) is 10.4.